The predicted octanol–water partition coefficient (Wildman–Crippen LogP) is 5.78. The highest BCUT2D eigenvalue weighted by Gasteiger charge is 2.07. The van der Waals surface area contributed by atoms with Crippen LogP contribution in [-0.2, 0) is 12.2 Å². The van der Waals surface area contributed by atoms with Gasteiger partial charge in [-0.15, -0.1) is 0 Å². The molecule has 0 aliphatic carbocycles. The number of nitrogens with zero attached hydrogens (tertiary/aromatic N) is 2. The summed E-state index contributed by atoms with van der Waals surface area (Å²) in [6, 6.07) is 19.4. The van der Waals surface area contributed by atoms with E-state index in [0.717, 1.165) is 23.0 Å². The summed E-state index contributed by atoms with van der Waals surface area (Å²) < 4.78 is 5.85. The van der Waals surface area contributed by atoms with Gasteiger partial charge in [0.15, 0.2) is 5.16 Å². The van der Waals surface area contributed by atoms with Gasteiger partial charge in [0.1, 0.15) is 5.75 Å². The number of hydrogen-bond acceptors (Lipinski definition) is 4. The van der Waals surface area contributed by atoms with Crippen LogP contribution in [0, 0.1) is 0 Å². The molecule has 0 amide bonds. The summed E-state index contributed by atoms with van der Waals surface area (Å²) in [6.07, 6.45) is 0.832. The Labute approximate surface area is 151 Å². The van der Waals surface area contributed by atoms with E-state index in [1.807, 2.05) is 36.4 Å². The van der Waals surface area contributed by atoms with Crippen LogP contribution in [0.3, 0.4) is 0 Å². The minimum atomic E-state index is 0.555. The quantitative estimate of drug-likeness (QED) is 0.414. The molecule has 0 fully saturated rings. The molecule has 0 unspecified atom stereocenters. The van der Waals surface area contributed by atoms with Gasteiger partial charge in [0, 0.05) is 22.5 Å². The van der Waals surface area contributed by atoms with Crippen molar-refractivity contribution in [3.63, 3.8) is 0 Å². The van der Waals surface area contributed by atoms with Crippen LogP contribution >= 0.6 is 23.4 Å². The Hall–Kier alpha value is -2.04. The van der Waals surface area contributed by atoms with E-state index in [1.165, 1.54) is 5.56 Å². The minimum Gasteiger partial charge on any atom is -0.439 e. The number of thioether (sulfide) groups is 1. The lowest BCUT2D eigenvalue weighted by atomic mass is 10.2. The van der Waals surface area contributed by atoms with Gasteiger partial charge in [0.05, 0.1) is 0 Å². The van der Waals surface area contributed by atoms with E-state index in [9.17, 15) is 0 Å². The van der Waals surface area contributed by atoms with Crippen LogP contribution in [0.2, 0.25) is 5.02 Å². The monoisotopic (exact) mass is 356 g/mol. The van der Waals surface area contributed by atoms with Crippen LogP contribution in [0.5, 0.6) is 11.6 Å². The Kier molecular flexibility index (Phi) is 5.72. The molecule has 3 aromatic rings. The summed E-state index contributed by atoms with van der Waals surface area (Å²) in [4.78, 5) is 9.08. The van der Waals surface area contributed by atoms with Gasteiger partial charge in [-0.1, -0.05) is 60.6 Å². The Morgan fingerprint density at radius 3 is 2.46 bits per heavy atom. The van der Waals surface area contributed by atoms with Crippen LogP contribution in [0.1, 0.15) is 18.2 Å². The number of halogens is 1. The second-order valence-corrected chi connectivity index (χ2v) is 6.54. The van der Waals surface area contributed by atoms with Crippen LogP contribution in [0.15, 0.2) is 65.8 Å². The summed E-state index contributed by atoms with van der Waals surface area (Å²) in [6.45, 7) is 2.07. The highest BCUT2D eigenvalue weighted by Crippen LogP contribution is 2.26. The van der Waals surface area contributed by atoms with Crippen molar-refractivity contribution in [2.24, 2.45) is 0 Å². The smallest absolute Gasteiger partial charge is 0.223 e. The Morgan fingerprint density at radius 1 is 1.00 bits per heavy atom. The summed E-state index contributed by atoms with van der Waals surface area (Å²) in [5.41, 5.74) is 2.21. The second kappa shape index (κ2) is 8.18. The maximum absolute atomic E-state index is 5.90. The Morgan fingerprint density at radius 2 is 1.75 bits per heavy atom. The van der Waals surface area contributed by atoms with Crippen molar-refractivity contribution in [1.29, 1.82) is 0 Å². The molecule has 24 heavy (non-hydrogen) atoms. The van der Waals surface area contributed by atoms with Crippen LogP contribution in [-0.4, -0.2) is 9.97 Å². The molecule has 3 rings (SSSR count). The fourth-order valence-electron chi connectivity index (χ4n) is 2.09. The lowest BCUT2D eigenvalue weighted by molar-refractivity contribution is 0.454. The SMILES string of the molecule is CCc1cc(Oc2ccc(Cl)cc2)nc(SCc2ccccc2)n1. The zero-order valence-corrected chi connectivity index (χ0v) is 14.8. The first-order chi connectivity index (χ1) is 11.7. The van der Waals surface area contributed by atoms with Gasteiger partial charge in [-0.05, 0) is 36.2 Å². The second-order valence-electron chi connectivity index (χ2n) is 5.16. The van der Waals surface area contributed by atoms with Crippen molar-refractivity contribution >= 4 is 23.4 Å². The minimum absolute atomic E-state index is 0.555. The zero-order valence-electron chi connectivity index (χ0n) is 13.3. The highest BCUT2D eigenvalue weighted by atomic mass is 35.5. The third-order valence-electron chi connectivity index (χ3n) is 3.34. The lowest BCUT2D eigenvalue weighted by Gasteiger charge is -2.08. The number of benzene rings is 2. The molecule has 0 aliphatic rings. The molecule has 0 atom stereocenters. The zero-order chi connectivity index (χ0) is 16.8. The summed E-state index contributed by atoms with van der Waals surface area (Å²) in [5.74, 6) is 2.09. The molecule has 122 valence electrons. The topological polar surface area (TPSA) is 35.0 Å². The molecule has 0 saturated carbocycles. The predicted molar refractivity (Wildman–Crippen MR) is 98.9 cm³/mol. The number of hydrogen-bond donors (Lipinski definition) is 0. The molecule has 0 bridgehead atoms. The van der Waals surface area contributed by atoms with Crippen molar-refractivity contribution in [3.05, 3.63) is 76.9 Å². The summed E-state index contributed by atoms with van der Waals surface area (Å²) in [5, 5.41) is 1.40. The van der Waals surface area contributed by atoms with Gasteiger partial charge >= 0.3 is 0 Å². The largest absolute Gasteiger partial charge is 0.439 e. The molecule has 5 heteroatoms. The van der Waals surface area contributed by atoms with Crippen LogP contribution in [0.25, 0.3) is 0 Å². The van der Waals surface area contributed by atoms with Crippen molar-refractivity contribution in [1.82, 2.24) is 9.97 Å². The third kappa shape index (κ3) is 4.73. The van der Waals surface area contributed by atoms with E-state index < -0.39 is 0 Å². The molecule has 0 spiro atoms. The summed E-state index contributed by atoms with van der Waals surface area (Å²) in [7, 11) is 0. The number of aromatic nitrogens is 2. The first kappa shape index (κ1) is 16.8. The van der Waals surface area contributed by atoms with Gasteiger partial charge in [0.2, 0.25) is 5.88 Å². The molecular formula is C19H17ClN2OS. The first-order valence-corrected chi connectivity index (χ1v) is 9.07. The standard InChI is InChI=1S/C19H17ClN2OS/c1-2-16-12-18(23-17-10-8-15(20)9-11-17)22-19(21-16)24-13-14-6-4-3-5-7-14/h3-12H,2,13H2,1H3. The Bertz CT molecular complexity index is 794. The lowest BCUT2D eigenvalue weighted by Crippen LogP contribution is -1.97. The Balaban J connectivity index is 1.76. The number of aryl methyl sites for hydroxylation is 1. The first-order valence-electron chi connectivity index (χ1n) is 7.71. The van der Waals surface area contributed by atoms with Crippen molar-refractivity contribution < 1.29 is 4.74 Å². The fourth-order valence-corrected chi connectivity index (χ4v) is 3.04. The van der Waals surface area contributed by atoms with E-state index >= 15 is 0 Å². The summed E-state index contributed by atoms with van der Waals surface area (Å²) >= 11 is 7.51. The van der Waals surface area contributed by atoms with E-state index in [0.29, 0.717) is 16.7 Å². The highest BCUT2D eigenvalue weighted by molar-refractivity contribution is 7.98. The van der Waals surface area contributed by atoms with Crippen LogP contribution < -0.4 is 4.74 Å². The van der Waals surface area contributed by atoms with Gasteiger partial charge in [-0.25, -0.2) is 4.98 Å². The van der Waals surface area contributed by atoms with Gasteiger partial charge in [0.25, 0.3) is 0 Å². The molecule has 0 aliphatic heterocycles. The molecular weight excluding hydrogens is 340 g/mol. The molecule has 0 saturated heterocycles. The molecule has 0 N–H and O–H groups in total. The molecule has 3 nitrogen and oxygen atoms in total. The number of rotatable bonds is 6. The maximum atomic E-state index is 5.90. The van der Waals surface area contributed by atoms with E-state index in [-0.39, 0.29) is 0 Å². The maximum Gasteiger partial charge on any atom is 0.223 e. The van der Waals surface area contributed by atoms with E-state index in [4.69, 9.17) is 16.3 Å². The molecule has 1 aromatic heterocycles. The van der Waals surface area contributed by atoms with E-state index in [1.54, 1.807) is 23.9 Å². The molecule has 2 aromatic carbocycles. The van der Waals surface area contributed by atoms with Gasteiger partial charge in [-0.2, -0.15) is 4.98 Å². The van der Waals surface area contributed by atoms with E-state index in [2.05, 4.69) is 29.0 Å². The van der Waals surface area contributed by atoms with Gasteiger partial charge < -0.3 is 4.74 Å². The number of ether oxygens (including phenoxy) is 1. The third-order valence-corrected chi connectivity index (χ3v) is 4.51. The van der Waals surface area contributed by atoms with Crippen molar-refractivity contribution in [2.75, 3.05) is 0 Å². The van der Waals surface area contributed by atoms with Gasteiger partial charge in [-0.3, -0.25) is 0 Å². The molecule has 0 radical (unpaired) electrons. The average Bonchev–Trinajstić information content (AvgIpc) is 2.62. The average molecular weight is 357 g/mol. The molecule has 1 heterocycles. The van der Waals surface area contributed by atoms with Crippen molar-refractivity contribution in [3.8, 4) is 11.6 Å². The van der Waals surface area contributed by atoms with Crippen molar-refractivity contribution in [2.45, 2.75) is 24.3 Å². The fraction of sp³-hybridized carbons (Fsp3) is 0.158. The van der Waals surface area contributed by atoms with Crippen LogP contribution in [0.4, 0.5) is 0 Å². The normalized spacial score (nSPS) is 10.6.